The summed E-state index contributed by atoms with van der Waals surface area (Å²) in [6, 6.07) is 5.54. The Bertz CT molecular complexity index is 612. The zero-order chi connectivity index (χ0) is 18.5. The molecule has 2 aliphatic rings. The van der Waals surface area contributed by atoms with Gasteiger partial charge in [0.15, 0.2) is 11.5 Å². The van der Waals surface area contributed by atoms with E-state index in [0.717, 1.165) is 41.9 Å². The minimum Gasteiger partial charge on any atom is -0.454 e. The van der Waals surface area contributed by atoms with Crippen LogP contribution in [0.5, 0.6) is 11.5 Å². The highest BCUT2D eigenvalue weighted by Crippen LogP contribution is 2.34. The Morgan fingerprint density at radius 3 is 2.73 bits per heavy atom. The molecule has 1 aromatic rings. The fourth-order valence-corrected chi connectivity index (χ4v) is 3.99. The largest absolute Gasteiger partial charge is 0.454 e. The number of carbonyl (C=O) groups is 1. The number of nitrogens with zero attached hydrogens (tertiary/aromatic N) is 1. The van der Waals surface area contributed by atoms with Crippen molar-refractivity contribution in [1.29, 1.82) is 0 Å². The number of carbonyl (C=O) groups excluding carboxylic acids is 1. The molecule has 26 heavy (non-hydrogen) atoms. The Morgan fingerprint density at radius 2 is 1.96 bits per heavy atom. The van der Waals surface area contributed by atoms with Crippen LogP contribution in [-0.2, 0) is 0 Å². The average Bonchev–Trinajstić information content (AvgIpc) is 3.05. The van der Waals surface area contributed by atoms with Gasteiger partial charge in [-0.3, -0.25) is 0 Å². The standard InChI is InChI=1S/C20H31N3O3/c1-14-9-15(2)12-23(11-14)8-4-7-21-20(24)22-16(3)17-5-6-18-19(10-17)26-13-25-18/h5-6,10,14-16H,4,7-9,11-13H2,1-3H3,(H2,21,22,24). The van der Waals surface area contributed by atoms with Gasteiger partial charge in [-0.05, 0) is 55.8 Å². The monoisotopic (exact) mass is 361 g/mol. The Balaban J connectivity index is 1.36. The van der Waals surface area contributed by atoms with Crippen molar-refractivity contribution in [2.24, 2.45) is 11.8 Å². The van der Waals surface area contributed by atoms with E-state index in [1.165, 1.54) is 19.5 Å². The molecule has 144 valence electrons. The third-order valence-electron chi connectivity index (χ3n) is 5.13. The van der Waals surface area contributed by atoms with Crippen LogP contribution >= 0.6 is 0 Å². The Hall–Kier alpha value is -1.95. The highest BCUT2D eigenvalue weighted by molar-refractivity contribution is 5.74. The molecule has 2 aliphatic heterocycles. The number of likely N-dealkylation sites (tertiary alicyclic amines) is 1. The number of amides is 2. The van der Waals surface area contributed by atoms with E-state index in [1.807, 2.05) is 25.1 Å². The quantitative estimate of drug-likeness (QED) is 0.764. The third kappa shape index (κ3) is 5.04. The second-order valence-electron chi connectivity index (χ2n) is 7.79. The molecular weight excluding hydrogens is 330 g/mol. The van der Waals surface area contributed by atoms with Gasteiger partial charge in [0.25, 0.3) is 0 Å². The smallest absolute Gasteiger partial charge is 0.315 e. The van der Waals surface area contributed by atoms with E-state index in [9.17, 15) is 4.79 Å². The molecule has 0 radical (unpaired) electrons. The van der Waals surface area contributed by atoms with Crippen molar-refractivity contribution in [3.8, 4) is 11.5 Å². The molecule has 3 unspecified atom stereocenters. The maximum Gasteiger partial charge on any atom is 0.315 e. The fraction of sp³-hybridized carbons (Fsp3) is 0.650. The summed E-state index contributed by atoms with van der Waals surface area (Å²) in [5.41, 5.74) is 1.00. The zero-order valence-electron chi connectivity index (χ0n) is 16.1. The van der Waals surface area contributed by atoms with E-state index >= 15 is 0 Å². The Morgan fingerprint density at radius 1 is 1.23 bits per heavy atom. The SMILES string of the molecule is CC1CC(C)CN(CCCNC(=O)NC(C)c2ccc3c(c2)OCO3)C1. The maximum absolute atomic E-state index is 12.1. The number of nitrogens with one attached hydrogen (secondary N) is 2. The van der Waals surface area contributed by atoms with Crippen LogP contribution in [0.1, 0.15) is 45.2 Å². The third-order valence-corrected chi connectivity index (χ3v) is 5.13. The topological polar surface area (TPSA) is 62.8 Å². The van der Waals surface area contributed by atoms with Crippen LogP contribution in [0, 0.1) is 11.8 Å². The van der Waals surface area contributed by atoms with Crippen molar-refractivity contribution in [2.75, 3.05) is 33.0 Å². The highest BCUT2D eigenvalue weighted by atomic mass is 16.7. The van der Waals surface area contributed by atoms with Gasteiger partial charge < -0.3 is 25.0 Å². The number of rotatable bonds is 6. The van der Waals surface area contributed by atoms with E-state index in [4.69, 9.17) is 9.47 Å². The molecular formula is C20H31N3O3. The highest BCUT2D eigenvalue weighted by Gasteiger charge is 2.21. The van der Waals surface area contributed by atoms with Crippen molar-refractivity contribution >= 4 is 6.03 Å². The van der Waals surface area contributed by atoms with Crippen LogP contribution in [-0.4, -0.2) is 43.9 Å². The van der Waals surface area contributed by atoms with Crippen molar-refractivity contribution in [3.05, 3.63) is 23.8 Å². The normalized spacial score (nSPS) is 23.5. The number of ether oxygens (including phenoxy) is 2. The van der Waals surface area contributed by atoms with Gasteiger partial charge in [-0.2, -0.15) is 0 Å². The second kappa shape index (κ2) is 8.62. The molecule has 2 amide bonds. The van der Waals surface area contributed by atoms with Crippen molar-refractivity contribution in [3.63, 3.8) is 0 Å². The van der Waals surface area contributed by atoms with Crippen LogP contribution in [0.25, 0.3) is 0 Å². The minimum atomic E-state index is -0.129. The molecule has 6 heteroatoms. The second-order valence-corrected chi connectivity index (χ2v) is 7.79. The van der Waals surface area contributed by atoms with E-state index in [-0.39, 0.29) is 18.9 Å². The fourth-order valence-electron chi connectivity index (χ4n) is 3.99. The molecule has 6 nitrogen and oxygen atoms in total. The summed E-state index contributed by atoms with van der Waals surface area (Å²) in [4.78, 5) is 14.6. The zero-order valence-corrected chi connectivity index (χ0v) is 16.1. The van der Waals surface area contributed by atoms with Gasteiger partial charge >= 0.3 is 6.03 Å². The Labute approximate surface area is 156 Å². The summed E-state index contributed by atoms with van der Waals surface area (Å²) < 4.78 is 10.7. The van der Waals surface area contributed by atoms with Crippen molar-refractivity contribution < 1.29 is 14.3 Å². The van der Waals surface area contributed by atoms with Crippen LogP contribution < -0.4 is 20.1 Å². The van der Waals surface area contributed by atoms with Gasteiger partial charge in [0.1, 0.15) is 0 Å². The van der Waals surface area contributed by atoms with Crippen molar-refractivity contribution in [1.82, 2.24) is 15.5 Å². The summed E-state index contributed by atoms with van der Waals surface area (Å²) in [5, 5.41) is 5.94. The molecule has 1 aromatic carbocycles. The lowest BCUT2D eigenvalue weighted by Crippen LogP contribution is -2.41. The molecule has 1 fully saturated rings. The first-order valence-corrected chi connectivity index (χ1v) is 9.67. The predicted octanol–water partition coefficient (Wildman–Crippen LogP) is 3.14. The molecule has 1 saturated heterocycles. The van der Waals surface area contributed by atoms with Crippen LogP contribution in [0.3, 0.4) is 0 Å². The molecule has 0 saturated carbocycles. The molecule has 0 aliphatic carbocycles. The average molecular weight is 361 g/mol. The minimum absolute atomic E-state index is 0.0895. The summed E-state index contributed by atoms with van der Waals surface area (Å²) in [7, 11) is 0. The molecule has 0 aromatic heterocycles. The first kappa shape index (κ1) is 18.8. The molecule has 2 heterocycles. The van der Waals surface area contributed by atoms with Gasteiger partial charge in [-0.25, -0.2) is 4.79 Å². The summed E-state index contributed by atoms with van der Waals surface area (Å²) >= 11 is 0. The van der Waals surface area contributed by atoms with Crippen LogP contribution in [0.2, 0.25) is 0 Å². The molecule has 2 N–H and O–H groups in total. The van der Waals surface area contributed by atoms with Gasteiger partial charge in [-0.15, -0.1) is 0 Å². The lowest BCUT2D eigenvalue weighted by molar-refractivity contribution is 0.139. The molecule has 0 spiro atoms. The number of piperidine rings is 1. The van der Waals surface area contributed by atoms with Gasteiger partial charge in [0.2, 0.25) is 6.79 Å². The van der Waals surface area contributed by atoms with Gasteiger partial charge in [0.05, 0.1) is 6.04 Å². The molecule has 3 rings (SSSR count). The number of hydrogen-bond donors (Lipinski definition) is 2. The van der Waals surface area contributed by atoms with E-state index in [2.05, 4.69) is 29.4 Å². The summed E-state index contributed by atoms with van der Waals surface area (Å²) in [6.45, 7) is 11.0. The first-order valence-electron chi connectivity index (χ1n) is 9.67. The van der Waals surface area contributed by atoms with Crippen LogP contribution in [0.15, 0.2) is 18.2 Å². The predicted molar refractivity (Wildman–Crippen MR) is 102 cm³/mol. The van der Waals surface area contributed by atoms with E-state index < -0.39 is 0 Å². The lowest BCUT2D eigenvalue weighted by Gasteiger charge is -2.34. The van der Waals surface area contributed by atoms with Gasteiger partial charge in [-0.1, -0.05) is 19.9 Å². The number of hydrogen-bond acceptors (Lipinski definition) is 4. The number of fused-ring (bicyclic) bond motifs is 1. The van der Waals surface area contributed by atoms with Crippen LogP contribution in [0.4, 0.5) is 4.79 Å². The van der Waals surface area contributed by atoms with E-state index in [0.29, 0.717) is 6.54 Å². The molecule has 3 atom stereocenters. The lowest BCUT2D eigenvalue weighted by atomic mass is 9.92. The van der Waals surface area contributed by atoms with Crippen molar-refractivity contribution in [2.45, 2.75) is 39.7 Å². The van der Waals surface area contributed by atoms with Gasteiger partial charge in [0, 0.05) is 19.6 Å². The number of benzene rings is 1. The Kier molecular flexibility index (Phi) is 6.25. The number of urea groups is 1. The molecule has 0 bridgehead atoms. The first-order chi connectivity index (χ1) is 12.5. The maximum atomic E-state index is 12.1. The summed E-state index contributed by atoms with van der Waals surface area (Å²) in [6.07, 6.45) is 2.31. The summed E-state index contributed by atoms with van der Waals surface area (Å²) in [5.74, 6) is 3.04. The van der Waals surface area contributed by atoms with E-state index in [1.54, 1.807) is 0 Å².